The average Bonchev–Trinajstić information content (AvgIpc) is 3.13. The molecule has 0 aliphatic carbocycles. The molecule has 0 saturated carbocycles. The van der Waals surface area contributed by atoms with Crippen molar-refractivity contribution in [2.24, 2.45) is 5.73 Å². The maximum atomic E-state index is 12.5. The normalized spacial score (nSPS) is 12.1. The van der Waals surface area contributed by atoms with E-state index < -0.39 is 24.2 Å². The van der Waals surface area contributed by atoms with Crippen LogP contribution in [0.2, 0.25) is 0 Å². The highest BCUT2D eigenvalue weighted by molar-refractivity contribution is 6.00. The number of ether oxygens (including phenoxy) is 2. The molecule has 166 valence electrons. The predicted octanol–water partition coefficient (Wildman–Crippen LogP) is 3.50. The third kappa shape index (κ3) is 4.74. The van der Waals surface area contributed by atoms with Gasteiger partial charge in [0.1, 0.15) is 29.3 Å². The second kappa shape index (κ2) is 8.10. The Bertz CT molecular complexity index is 1090. The summed E-state index contributed by atoms with van der Waals surface area (Å²) in [5.41, 5.74) is 8.35. The number of rotatable bonds is 6. The predicted molar refractivity (Wildman–Crippen MR) is 109 cm³/mol. The van der Waals surface area contributed by atoms with Crippen LogP contribution in [0.1, 0.15) is 29.8 Å². The van der Waals surface area contributed by atoms with E-state index in [0.29, 0.717) is 16.9 Å². The van der Waals surface area contributed by atoms with E-state index in [1.807, 2.05) is 41.9 Å². The van der Waals surface area contributed by atoms with Gasteiger partial charge >= 0.3 is 6.18 Å². The van der Waals surface area contributed by atoms with Gasteiger partial charge in [-0.2, -0.15) is 13.2 Å². The van der Waals surface area contributed by atoms with Gasteiger partial charge in [0.2, 0.25) is 0 Å². The number of alkyl halides is 3. The molecule has 0 spiro atoms. The molecule has 0 saturated heterocycles. The van der Waals surface area contributed by atoms with E-state index >= 15 is 0 Å². The van der Waals surface area contributed by atoms with Crippen LogP contribution in [-0.4, -0.2) is 42.2 Å². The molecule has 3 N–H and O–H groups in total. The van der Waals surface area contributed by atoms with Gasteiger partial charge in [-0.15, -0.1) is 0 Å². The van der Waals surface area contributed by atoms with E-state index in [0.717, 1.165) is 5.56 Å². The fourth-order valence-corrected chi connectivity index (χ4v) is 3.15. The summed E-state index contributed by atoms with van der Waals surface area (Å²) >= 11 is 0. The van der Waals surface area contributed by atoms with Crippen LogP contribution in [-0.2, 0) is 5.54 Å². The summed E-state index contributed by atoms with van der Waals surface area (Å²) in [6, 6.07) is 6.85. The third-order valence-corrected chi connectivity index (χ3v) is 4.74. The Morgan fingerprint density at radius 3 is 2.29 bits per heavy atom. The number of nitrogens with one attached hydrogen (secondary N) is 1. The molecular formula is C21H23F3N4O3. The number of aromatic nitrogens is 2. The van der Waals surface area contributed by atoms with Crippen LogP contribution in [0.4, 0.5) is 13.2 Å². The molecule has 3 rings (SSSR count). The standard InChI is InChI=1S/C21H23F3N4O3/c1-20(2,25)13-5-6-28-14(10-26-17(28)9-13)12-7-15(30-3)18(16(8-12)31-4)19(29)27-11-21(22,23)24/h5-10H,11,25H2,1-4H3,(H,27,29). The molecule has 0 radical (unpaired) electrons. The number of pyridine rings is 1. The molecule has 2 aromatic heterocycles. The molecular weight excluding hydrogens is 413 g/mol. The number of hydrogen-bond donors (Lipinski definition) is 2. The van der Waals surface area contributed by atoms with Crippen molar-refractivity contribution in [1.29, 1.82) is 0 Å². The molecule has 1 aromatic carbocycles. The zero-order chi connectivity index (χ0) is 23.0. The molecule has 7 nitrogen and oxygen atoms in total. The molecule has 2 heterocycles. The summed E-state index contributed by atoms with van der Waals surface area (Å²) in [5, 5.41) is 1.84. The van der Waals surface area contributed by atoms with Crippen molar-refractivity contribution in [1.82, 2.24) is 14.7 Å². The van der Waals surface area contributed by atoms with Crippen molar-refractivity contribution in [3.05, 3.63) is 47.8 Å². The number of imidazole rings is 1. The van der Waals surface area contributed by atoms with Crippen molar-refractivity contribution in [3.8, 4) is 22.8 Å². The topological polar surface area (TPSA) is 90.9 Å². The van der Waals surface area contributed by atoms with Crippen LogP contribution in [0.25, 0.3) is 16.9 Å². The smallest absolute Gasteiger partial charge is 0.405 e. The molecule has 0 fully saturated rings. The Balaban J connectivity index is 2.06. The van der Waals surface area contributed by atoms with Gasteiger partial charge in [0.15, 0.2) is 0 Å². The number of benzene rings is 1. The maximum absolute atomic E-state index is 12.5. The number of halogens is 3. The van der Waals surface area contributed by atoms with Gasteiger partial charge in [0, 0.05) is 17.3 Å². The number of nitrogens with two attached hydrogens (primary N) is 1. The highest BCUT2D eigenvalue weighted by atomic mass is 19.4. The lowest BCUT2D eigenvalue weighted by Crippen LogP contribution is -2.34. The summed E-state index contributed by atoms with van der Waals surface area (Å²) in [7, 11) is 2.65. The Labute approximate surface area is 177 Å². The highest BCUT2D eigenvalue weighted by Crippen LogP contribution is 2.35. The van der Waals surface area contributed by atoms with Crippen LogP contribution in [0.15, 0.2) is 36.7 Å². The van der Waals surface area contributed by atoms with Crippen molar-refractivity contribution >= 4 is 11.6 Å². The lowest BCUT2D eigenvalue weighted by molar-refractivity contribution is -0.123. The zero-order valence-electron chi connectivity index (χ0n) is 17.5. The van der Waals surface area contributed by atoms with Crippen LogP contribution >= 0.6 is 0 Å². The quantitative estimate of drug-likeness (QED) is 0.617. The average molecular weight is 436 g/mol. The Morgan fingerprint density at radius 1 is 1.16 bits per heavy atom. The number of methoxy groups -OCH3 is 2. The molecule has 3 aromatic rings. The van der Waals surface area contributed by atoms with Gasteiger partial charge in [-0.05, 0) is 43.7 Å². The molecule has 0 bridgehead atoms. The Morgan fingerprint density at radius 2 is 1.77 bits per heavy atom. The van der Waals surface area contributed by atoms with Crippen molar-refractivity contribution < 1.29 is 27.4 Å². The van der Waals surface area contributed by atoms with Gasteiger partial charge in [-0.1, -0.05) is 0 Å². The van der Waals surface area contributed by atoms with E-state index in [2.05, 4.69) is 4.98 Å². The summed E-state index contributed by atoms with van der Waals surface area (Å²) in [6.07, 6.45) is -1.08. The minimum Gasteiger partial charge on any atom is -0.496 e. The van der Waals surface area contributed by atoms with Gasteiger partial charge in [0.25, 0.3) is 5.91 Å². The molecule has 10 heteroatoms. The van der Waals surface area contributed by atoms with Crippen LogP contribution in [0.3, 0.4) is 0 Å². The van der Waals surface area contributed by atoms with E-state index in [4.69, 9.17) is 15.2 Å². The second-order valence-electron chi connectivity index (χ2n) is 7.56. The lowest BCUT2D eigenvalue weighted by Gasteiger charge is -2.19. The highest BCUT2D eigenvalue weighted by Gasteiger charge is 2.30. The van der Waals surface area contributed by atoms with Crippen LogP contribution in [0.5, 0.6) is 11.5 Å². The first kappa shape index (κ1) is 22.4. The first-order valence-electron chi connectivity index (χ1n) is 9.32. The maximum Gasteiger partial charge on any atom is 0.405 e. The van der Waals surface area contributed by atoms with Gasteiger partial charge in [-0.25, -0.2) is 4.98 Å². The number of carbonyl (C=O) groups is 1. The fourth-order valence-electron chi connectivity index (χ4n) is 3.15. The molecule has 31 heavy (non-hydrogen) atoms. The third-order valence-electron chi connectivity index (χ3n) is 4.74. The monoisotopic (exact) mass is 436 g/mol. The first-order valence-corrected chi connectivity index (χ1v) is 9.32. The molecule has 0 unspecified atom stereocenters. The largest absolute Gasteiger partial charge is 0.496 e. The number of nitrogens with zero attached hydrogens (tertiary/aromatic N) is 2. The van der Waals surface area contributed by atoms with Gasteiger partial charge in [-0.3, -0.25) is 9.20 Å². The Hall–Kier alpha value is -3.27. The molecule has 0 atom stereocenters. The second-order valence-corrected chi connectivity index (χ2v) is 7.56. The first-order chi connectivity index (χ1) is 14.4. The van der Waals surface area contributed by atoms with Crippen LogP contribution < -0.4 is 20.5 Å². The molecule has 1 amide bonds. The molecule has 0 aliphatic rings. The minimum atomic E-state index is -4.54. The van der Waals surface area contributed by atoms with Crippen LogP contribution in [0, 0.1) is 0 Å². The van der Waals surface area contributed by atoms with E-state index in [-0.39, 0.29) is 17.1 Å². The number of fused-ring (bicyclic) bond motifs is 1. The Kier molecular flexibility index (Phi) is 5.86. The SMILES string of the molecule is COc1cc(-c2cnc3cc(C(C)(C)N)ccn23)cc(OC)c1C(=O)NCC(F)(F)F. The van der Waals surface area contributed by atoms with E-state index in [9.17, 15) is 18.0 Å². The van der Waals surface area contributed by atoms with E-state index in [1.165, 1.54) is 14.2 Å². The molecule has 0 aliphatic heterocycles. The number of hydrogen-bond acceptors (Lipinski definition) is 5. The van der Waals surface area contributed by atoms with Crippen molar-refractivity contribution in [2.75, 3.05) is 20.8 Å². The van der Waals surface area contributed by atoms with Gasteiger partial charge in [0.05, 0.1) is 26.1 Å². The van der Waals surface area contributed by atoms with Gasteiger partial charge < -0.3 is 20.5 Å². The number of carbonyl (C=O) groups excluding carboxylic acids is 1. The fraction of sp³-hybridized carbons (Fsp3) is 0.333. The number of amides is 1. The summed E-state index contributed by atoms with van der Waals surface area (Å²) in [4.78, 5) is 16.8. The van der Waals surface area contributed by atoms with Crippen molar-refractivity contribution in [2.45, 2.75) is 25.6 Å². The lowest BCUT2D eigenvalue weighted by atomic mass is 9.97. The van der Waals surface area contributed by atoms with E-state index in [1.54, 1.807) is 18.3 Å². The summed E-state index contributed by atoms with van der Waals surface area (Å²) in [6.45, 7) is 2.31. The zero-order valence-corrected chi connectivity index (χ0v) is 17.5. The summed E-state index contributed by atoms with van der Waals surface area (Å²) in [5.74, 6) is -0.807. The minimum absolute atomic E-state index is 0.0729. The summed E-state index contributed by atoms with van der Waals surface area (Å²) < 4.78 is 49.9. The van der Waals surface area contributed by atoms with Crippen molar-refractivity contribution in [3.63, 3.8) is 0 Å².